The number of alkyl halides is 3. The minimum Gasteiger partial charge on any atom is -0.464 e. The van der Waals surface area contributed by atoms with Crippen LogP contribution in [0.25, 0.3) is 10.2 Å². The van der Waals surface area contributed by atoms with E-state index >= 15 is 0 Å². The lowest BCUT2D eigenvalue weighted by molar-refractivity contribution is -0.0499. The summed E-state index contributed by atoms with van der Waals surface area (Å²) in [5.41, 5.74) is -6.36. The average molecular weight is 525 g/mol. The second-order valence-electron chi connectivity index (χ2n) is 8.43. The Hall–Kier alpha value is -2.61. The molecule has 0 aromatic carbocycles. The van der Waals surface area contributed by atoms with Crippen LogP contribution in [0.1, 0.15) is 54.2 Å². The molecule has 2 aromatic rings. The molecule has 0 N–H and O–H groups in total. The lowest BCUT2D eigenvalue weighted by atomic mass is 10.0. The molecule has 188 valence electrons. The lowest BCUT2D eigenvalue weighted by Crippen LogP contribution is -2.39. The van der Waals surface area contributed by atoms with Gasteiger partial charge in [-0.1, -0.05) is 6.92 Å². The number of nitrogens with zero attached hydrogens (tertiary/aromatic N) is 2. The van der Waals surface area contributed by atoms with Crippen LogP contribution in [-0.2, 0) is 39.0 Å². The number of rotatable bonds is 4. The fourth-order valence-electron chi connectivity index (χ4n) is 3.45. The number of hydrogen-bond acceptors (Lipinski definition) is 9. The van der Waals surface area contributed by atoms with Crippen molar-refractivity contribution in [1.82, 2.24) is 9.88 Å². The largest absolute Gasteiger partial charge is 0.534 e. The molecule has 9 nitrogen and oxygen atoms in total. The van der Waals surface area contributed by atoms with Crippen molar-refractivity contribution in [2.75, 3.05) is 13.7 Å². The fourth-order valence-corrected chi connectivity index (χ4v) is 5.19. The third-order valence-electron chi connectivity index (χ3n) is 4.90. The van der Waals surface area contributed by atoms with Crippen molar-refractivity contribution in [2.45, 2.75) is 58.2 Å². The van der Waals surface area contributed by atoms with Crippen LogP contribution in [0.3, 0.4) is 0 Å². The lowest BCUT2D eigenvalue weighted by Gasteiger charge is -2.30. The Morgan fingerprint density at radius 3 is 2.38 bits per heavy atom. The Labute approximate surface area is 197 Å². The third kappa shape index (κ3) is 4.92. The van der Waals surface area contributed by atoms with Gasteiger partial charge in [-0.15, -0.1) is 11.3 Å². The molecule has 0 aliphatic carbocycles. The highest BCUT2D eigenvalue weighted by molar-refractivity contribution is 7.88. The Morgan fingerprint density at radius 1 is 1.21 bits per heavy atom. The predicted molar refractivity (Wildman–Crippen MR) is 116 cm³/mol. The van der Waals surface area contributed by atoms with E-state index in [-0.39, 0.29) is 47.4 Å². The molecule has 34 heavy (non-hydrogen) atoms. The van der Waals surface area contributed by atoms with Crippen LogP contribution in [0.4, 0.5) is 18.0 Å². The van der Waals surface area contributed by atoms with Crippen molar-refractivity contribution in [2.24, 2.45) is 0 Å². The third-order valence-corrected chi connectivity index (χ3v) is 6.96. The van der Waals surface area contributed by atoms with Gasteiger partial charge in [-0.3, -0.25) is 0 Å². The molecule has 0 saturated heterocycles. The molecule has 1 aliphatic rings. The van der Waals surface area contributed by atoms with Crippen molar-refractivity contribution in [3.8, 4) is 5.75 Å². The number of ether oxygens (including phenoxy) is 2. The van der Waals surface area contributed by atoms with Crippen molar-refractivity contribution in [1.29, 1.82) is 0 Å². The molecule has 14 heteroatoms. The van der Waals surface area contributed by atoms with Crippen LogP contribution < -0.4 is 4.18 Å². The SMILES string of the molecule is CCc1c(C(=O)OC)nc2sc3c(c2c1OS(=O)(=O)C(F)(F)F)CCN(C(=O)OC(C)(C)C)C3. The Morgan fingerprint density at radius 2 is 1.85 bits per heavy atom. The first-order valence-corrected chi connectivity index (χ1v) is 12.4. The van der Waals surface area contributed by atoms with Crippen molar-refractivity contribution in [3.63, 3.8) is 0 Å². The summed E-state index contributed by atoms with van der Waals surface area (Å²) in [6.07, 6.45) is -0.423. The first-order chi connectivity index (χ1) is 15.6. The summed E-state index contributed by atoms with van der Waals surface area (Å²) in [6.45, 7) is 6.93. The van der Waals surface area contributed by atoms with Gasteiger partial charge in [0, 0.05) is 17.0 Å². The van der Waals surface area contributed by atoms with E-state index in [1.807, 2.05) is 0 Å². The van der Waals surface area contributed by atoms with Gasteiger partial charge in [0.1, 0.15) is 10.4 Å². The molecule has 0 unspecified atom stereocenters. The summed E-state index contributed by atoms with van der Waals surface area (Å²) in [5, 5.41) is 0.0705. The number of esters is 1. The minimum absolute atomic E-state index is 0.0509. The molecular weight excluding hydrogens is 501 g/mol. The normalized spacial score (nSPS) is 14.6. The highest BCUT2D eigenvalue weighted by Gasteiger charge is 2.49. The number of fused-ring (bicyclic) bond motifs is 3. The number of amides is 1. The molecule has 1 aliphatic heterocycles. The Balaban J connectivity index is 2.20. The average Bonchev–Trinajstić information content (AvgIpc) is 3.08. The zero-order chi connectivity index (χ0) is 25.6. The van der Waals surface area contributed by atoms with Crippen LogP contribution >= 0.6 is 11.3 Å². The minimum atomic E-state index is -6.03. The van der Waals surface area contributed by atoms with E-state index in [1.54, 1.807) is 20.8 Å². The zero-order valence-electron chi connectivity index (χ0n) is 19.0. The highest BCUT2D eigenvalue weighted by atomic mass is 32.2. The van der Waals surface area contributed by atoms with Crippen molar-refractivity contribution < 1.29 is 44.8 Å². The van der Waals surface area contributed by atoms with Gasteiger partial charge >= 0.3 is 27.7 Å². The number of aromatic nitrogens is 1. The number of halogens is 3. The van der Waals surface area contributed by atoms with E-state index < -0.39 is 39.0 Å². The van der Waals surface area contributed by atoms with Crippen LogP contribution in [-0.4, -0.2) is 55.1 Å². The Kier molecular flexibility index (Phi) is 6.79. The molecular formula is C20H23F3N2O7S2. The summed E-state index contributed by atoms with van der Waals surface area (Å²) >= 11 is 1.02. The standard InChI is InChI=1S/C20H23F3N2O7S2/c1-6-10-14(17(26)30-5)24-16-13(15(10)32-34(28,29)20(21,22)23)11-7-8-25(9-12(11)33-16)18(27)31-19(2,3)4/h6-9H2,1-5H3. The molecule has 0 bridgehead atoms. The first-order valence-electron chi connectivity index (χ1n) is 10.1. The van der Waals surface area contributed by atoms with Gasteiger partial charge in [-0.25, -0.2) is 14.6 Å². The smallest absolute Gasteiger partial charge is 0.464 e. The van der Waals surface area contributed by atoms with E-state index in [1.165, 1.54) is 11.8 Å². The summed E-state index contributed by atoms with van der Waals surface area (Å²) < 4.78 is 77.9. The molecule has 3 rings (SSSR count). The maximum absolute atomic E-state index is 13.1. The van der Waals surface area contributed by atoms with Crippen molar-refractivity contribution >= 4 is 43.7 Å². The summed E-state index contributed by atoms with van der Waals surface area (Å²) in [5.74, 6) is -1.55. The molecule has 0 saturated carbocycles. The highest BCUT2D eigenvalue weighted by Crippen LogP contribution is 2.44. The van der Waals surface area contributed by atoms with Crippen LogP contribution in [0.5, 0.6) is 5.75 Å². The second-order valence-corrected chi connectivity index (χ2v) is 11.1. The van der Waals surface area contributed by atoms with Gasteiger partial charge in [0.2, 0.25) is 0 Å². The molecule has 0 spiro atoms. The first kappa shape index (κ1) is 26.0. The Bertz CT molecular complexity index is 1250. The number of hydrogen-bond donors (Lipinski definition) is 0. The summed E-state index contributed by atoms with van der Waals surface area (Å²) in [7, 11) is -4.96. The maximum Gasteiger partial charge on any atom is 0.534 e. The number of methoxy groups -OCH3 is 1. The van der Waals surface area contributed by atoms with Crippen molar-refractivity contribution in [3.05, 3.63) is 21.7 Å². The molecule has 1 amide bonds. The molecule has 0 radical (unpaired) electrons. The molecule has 2 aromatic heterocycles. The van der Waals surface area contributed by atoms with E-state index in [0.29, 0.717) is 10.4 Å². The predicted octanol–water partition coefficient (Wildman–Crippen LogP) is 4.17. The van der Waals surface area contributed by atoms with E-state index in [2.05, 4.69) is 13.9 Å². The number of carbonyl (C=O) groups excluding carboxylic acids is 2. The van der Waals surface area contributed by atoms with Gasteiger partial charge < -0.3 is 18.6 Å². The fraction of sp³-hybridized carbons (Fsp3) is 0.550. The molecule has 3 heterocycles. The van der Waals surface area contributed by atoms with Gasteiger partial charge in [-0.05, 0) is 39.2 Å². The maximum atomic E-state index is 13.1. The van der Waals surface area contributed by atoms with Gasteiger partial charge in [0.25, 0.3) is 0 Å². The number of carbonyl (C=O) groups is 2. The molecule has 0 atom stereocenters. The van der Waals surface area contributed by atoms with E-state index in [9.17, 15) is 31.2 Å². The summed E-state index contributed by atoms with van der Waals surface area (Å²) in [4.78, 5) is 31.1. The number of pyridine rings is 1. The monoisotopic (exact) mass is 524 g/mol. The summed E-state index contributed by atoms with van der Waals surface area (Å²) in [6, 6.07) is 0. The van der Waals surface area contributed by atoms with Crippen LogP contribution in [0.15, 0.2) is 0 Å². The number of thiophene rings is 1. The van der Waals surface area contributed by atoms with Gasteiger partial charge in [0.05, 0.1) is 19.0 Å². The van der Waals surface area contributed by atoms with E-state index in [4.69, 9.17) is 4.74 Å². The second kappa shape index (κ2) is 8.87. The van der Waals surface area contributed by atoms with Crippen LogP contribution in [0, 0.1) is 0 Å². The van der Waals surface area contributed by atoms with Gasteiger partial charge in [0.15, 0.2) is 11.4 Å². The topological polar surface area (TPSA) is 112 Å². The van der Waals surface area contributed by atoms with Crippen LogP contribution in [0.2, 0.25) is 0 Å². The van der Waals surface area contributed by atoms with Gasteiger partial charge in [-0.2, -0.15) is 21.6 Å². The zero-order valence-corrected chi connectivity index (χ0v) is 20.7. The molecule has 0 fully saturated rings. The quantitative estimate of drug-likeness (QED) is 0.333. The van der Waals surface area contributed by atoms with E-state index in [0.717, 1.165) is 18.4 Å².